The molecule has 8 heteroatoms. The molecule has 0 saturated heterocycles. The maximum Gasteiger partial charge on any atom is 0.309 e. The highest BCUT2D eigenvalue weighted by Gasteiger charge is 2.23. The average Bonchev–Trinajstić information content (AvgIpc) is 2.67. The Morgan fingerprint density at radius 3 is 2.59 bits per heavy atom. The Morgan fingerprint density at radius 1 is 1.22 bits per heavy atom. The first-order chi connectivity index (χ1) is 12.9. The number of nitrogens with zero attached hydrogens (tertiary/aromatic N) is 1. The Hall–Kier alpha value is -2.19. The molecule has 0 saturated carbocycles. The lowest BCUT2D eigenvalue weighted by atomic mass is 9.95. The van der Waals surface area contributed by atoms with E-state index in [2.05, 4.69) is 5.32 Å². The zero-order valence-corrected chi connectivity index (χ0v) is 16.5. The molecule has 148 valence electrons. The molecule has 1 N–H and O–H groups in total. The third kappa shape index (κ3) is 5.64. The summed E-state index contributed by atoms with van der Waals surface area (Å²) in [7, 11) is -3.61. The third-order valence-electron chi connectivity index (χ3n) is 4.41. The minimum Gasteiger partial charge on any atom is -0.455 e. The summed E-state index contributed by atoms with van der Waals surface area (Å²) in [6.45, 7) is 3.86. The van der Waals surface area contributed by atoms with Crippen molar-refractivity contribution in [3.05, 3.63) is 36.4 Å². The van der Waals surface area contributed by atoms with Gasteiger partial charge < -0.3 is 10.1 Å². The predicted molar refractivity (Wildman–Crippen MR) is 103 cm³/mol. The van der Waals surface area contributed by atoms with E-state index in [-0.39, 0.29) is 16.8 Å². The minimum absolute atomic E-state index is 0.106. The predicted octanol–water partition coefficient (Wildman–Crippen LogP) is 2.56. The lowest BCUT2D eigenvalue weighted by Gasteiger charge is -2.19. The molecule has 27 heavy (non-hydrogen) atoms. The van der Waals surface area contributed by atoms with Gasteiger partial charge in [-0.15, -0.1) is 0 Å². The molecule has 0 heterocycles. The molecule has 1 aromatic carbocycles. The maximum atomic E-state index is 12.6. The Labute approximate surface area is 160 Å². The number of nitrogens with one attached hydrogen (secondary N) is 1. The van der Waals surface area contributed by atoms with Gasteiger partial charge in [-0.1, -0.05) is 32.1 Å². The number of sulfonamides is 1. The highest BCUT2D eigenvalue weighted by Crippen LogP contribution is 2.21. The molecule has 1 atom stereocenters. The standard InChI is InChI=1S/C19H26N2O5S/c1-3-21(4-2)27(24,25)17-12-8-11-16(13-17)20-18(22)14-26-19(23)15-9-6-5-7-10-15/h5-6,8,11-13,15H,3-4,7,9-10,14H2,1-2H3,(H,20,22)/t15-/m1/s1. The van der Waals surface area contributed by atoms with E-state index in [0.29, 0.717) is 25.2 Å². The SMILES string of the molecule is CCN(CC)S(=O)(=O)c1cccc(NC(=O)COC(=O)[C@@H]2CC=CCC2)c1. The van der Waals surface area contributed by atoms with Gasteiger partial charge in [-0.05, 0) is 37.5 Å². The number of hydrogen-bond acceptors (Lipinski definition) is 5. The molecule has 1 aromatic rings. The molecule has 0 fully saturated rings. The number of allylic oxidation sites excluding steroid dienone is 2. The smallest absolute Gasteiger partial charge is 0.309 e. The lowest BCUT2D eigenvalue weighted by Crippen LogP contribution is -2.30. The van der Waals surface area contributed by atoms with Gasteiger partial charge in [-0.3, -0.25) is 9.59 Å². The fourth-order valence-electron chi connectivity index (χ4n) is 2.91. The van der Waals surface area contributed by atoms with Gasteiger partial charge in [0.15, 0.2) is 6.61 Å². The molecule has 1 aliphatic rings. The van der Waals surface area contributed by atoms with Crippen molar-refractivity contribution < 1.29 is 22.7 Å². The fraction of sp³-hybridized carbons (Fsp3) is 0.474. The first-order valence-corrected chi connectivity index (χ1v) is 10.5. The van der Waals surface area contributed by atoms with Gasteiger partial charge in [-0.2, -0.15) is 4.31 Å². The van der Waals surface area contributed by atoms with E-state index in [0.717, 1.165) is 12.8 Å². The van der Waals surface area contributed by atoms with Crippen LogP contribution >= 0.6 is 0 Å². The largest absolute Gasteiger partial charge is 0.455 e. The van der Waals surface area contributed by atoms with E-state index in [1.807, 2.05) is 12.2 Å². The van der Waals surface area contributed by atoms with Gasteiger partial charge >= 0.3 is 5.97 Å². The number of carbonyl (C=O) groups excluding carboxylic acids is 2. The second-order valence-electron chi connectivity index (χ2n) is 6.25. The van der Waals surface area contributed by atoms with Crippen LogP contribution in [0.3, 0.4) is 0 Å². The van der Waals surface area contributed by atoms with Crippen molar-refractivity contribution in [3.63, 3.8) is 0 Å². The molecule has 0 aromatic heterocycles. The number of anilines is 1. The van der Waals surface area contributed by atoms with Crippen LogP contribution in [0.25, 0.3) is 0 Å². The van der Waals surface area contributed by atoms with Crippen molar-refractivity contribution in [3.8, 4) is 0 Å². The summed E-state index contributed by atoms with van der Waals surface area (Å²) in [6.07, 6.45) is 6.15. The quantitative estimate of drug-likeness (QED) is 0.540. The summed E-state index contributed by atoms with van der Waals surface area (Å²) < 4.78 is 31.5. The van der Waals surface area contributed by atoms with Crippen LogP contribution in [0.2, 0.25) is 0 Å². The Balaban J connectivity index is 1.96. The summed E-state index contributed by atoms with van der Waals surface area (Å²) in [5.41, 5.74) is 0.338. The van der Waals surface area contributed by atoms with E-state index in [9.17, 15) is 18.0 Å². The van der Waals surface area contributed by atoms with Crippen LogP contribution in [-0.2, 0) is 24.3 Å². The van der Waals surface area contributed by atoms with Crippen LogP contribution in [0.15, 0.2) is 41.3 Å². The number of esters is 1. The zero-order valence-electron chi connectivity index (χ0n) is 15.7. The van der Waals surface area contributed by atoms with Crippen molar-refractivity contribution in [2.75, 3.05) is 25.0 Å². The van der Waals surface area contributed by atoms with Gasteiger partial charge in [-0.25, -0.2) is 8.42 Å². The Kier molecular flexibility index (Phi) is 7.55. The molecule has 0 radical (unpaired) electrons. The van der Waals surface area contributed by atoms with E-state index in [1.54, 1.807) is 26.0 Å². The first kappa shape index (κ1) is 21.1. The summed E-state index contributed by atoms with van der Waals surface area (Å²) >= 11 is 0. The fourth-order valence-corrected chi connectivity index (χ4v) is 4.41. The number of hydrogen-bond donors (Lipinski definition) is 1. The van der Waals surface area contributed by atoms with Gasteiger partial charge in [0.05, 0.1) is 10.8 Å². The number of benzene rings is 1. The summed E-state index contributed by atoms with van der Waals surface area (Å²) in [5, 5.41) is 2.57. The van der Waals surface area contributed by atoms with Gasteiger partial charge in [0.2, 0.25) is 10.0 Å². The van der Waals surface area contributed by atoms with Crippen LogP contribution in [0, 0.1) is 5.92 Å². The molecular formula is C19H26N2O5S. The van der Waals surface area contributed by atoms with Crippen LogP contribution < -0.4 is 5.32 Å². The molecule has 1 aliphatic carbocycles. The average molecular weight is 394 g/mol. The van der Waals surface area contributed by atoms with Gasteiger partial charge in [0, 0.05) is 18.8 Å². The maximum absolute atomic E-state index is 12.6. The molecule has 1 amide bonds. The zero-order chi connectivity index (χ0) is 19.9. The van der Waals surface area contributed by atoms with E-state index in [4.69, 9.17) is 4.74 Å². The molecule has 0 aliphatic heterocycles. The van der Waals surface area contributed by atoms with Crippen molar-refractivity contribution in [2.45, 2.75) is 38.0 Å². The first-order valence-electron chi connectivity index (χ1n) is 9.10. The van der Waals surface area contributed by atoms with Crippen LogP contribution in [0.4, 0.5) is 5.69 Å². The van der Waals surface area contributed by atoms with Crippen molar-refractivity contribution in [2.24, 2.45) is 5.92 Å². The number of rotatable bonds is 8. The lowest BCUT2D eigenvalue weighted by molar-refractivity contribution is -0.151. The Bertz CT molecular complexity index is 800. The number of carbonyl (C=O) groups is 2. The highest BCUT2D eigenvalue weighted by atomic mass is 32.2. The van der Waals surface area contributed by atoms with Gasteiger partial charge in [0.25, 0.3) is 5.91 Å². The number of ether oxygens (including phenoxy) is 1. The number of amides is 1. The third-order valence-corrected chi connectivity index (χ3v) is 6.45. The van der Waals surface area contributed by atoms with Crippen molar-refractivity contribution in [1.82, 2.24) is 4.31 Å². The van der Waals surface area contributed by atoms with Crippen LogP contribution in [0.5, 0.6) is 0 Å². The topological polar surface area (TPSA) is 92.8 Å². The van der Waals surface area contributed by atoms with E-state index >= 15 is 0 Å². The molecule has 7 nitrogen and oxygen atoms in total. The second-order valence-corrected chi connectivity index (χ2v) is 8.19. The van der Waals surface area contributed by atoms with E-state index in [1.165, 1.54) is 16.4 Å². The van der Waals surface area contributed by atoms with Crippen LogP contribution in [0.1, 0.15) is 33.1 Å². The molecule has 0 spiro atoms. The molecular weight excluding hydrogens is 368 g/mol. The molecule has 2 rings (SSSR count). The molecule has 0 unspecified atom stereocenters. The Morgan fingerprint density at radius 2 is 1.96 bits per heavy atom. The molecule has 0 bridgehead atoms. The normalized spacial score (nSPS) is 16.9. The highest BCUT2D eigenvalue weighted by molar-refractivity contribution is 7.89. The summed E-state index contributed by atoms with van der Waals surface area (Å²) in [6, 6.07) is 6.04. The second kappa shape index (κ2) is 9.66. The van der Waals surface area contributed by atoms with Crippen LogP contribution in [-0.4, -0.2) is 44.3 Å². The summed E-state index contributed by atoms with van der Waals surface area (Å²) in [5.74, 6) is -1.09. The monoisotopic (exact) mass is 394 g/mol. The summed E-state index contributed by atoms with van der Waals surface area (Å²) in [4.78, 5) is 24.1. The van der Waals surface area contributed by atoms with Crippen molar-refractivity contribution >= 4 is 27.6 Å². The van der Waals surface area contributed by atoms with E-state index < -0.39 is 22.5 Å². The van der Waals surface area contributed by atoms with Gasteiger partial charge in [0.1, 0.15) is 0 Å². The van der Waals surface area contributed by atoms with Crippen molar-refractivity contribution in [1.29, 1.82) is 0 Å². The minimum atomic E-state index is -3.61.